The Morgan fingerprint density at radius 3 is 2.35 bits per heavy atom. The number of aromatic nitrogens is 1. The SMILES string of the molecule is COc1ccc(N2CCN(C(=O)COc3c(C)n(CCC(C)C)ccc3=O)CC2)cc1. The molecule has 1 saturated heterocycles. The summed E-state index contributed by atoms with van der Waals surface area (Å²) in [4.78, 5) is 29.0. The van der Waals surface area contributed by atoms with Crippen molar-refractivity contribution in [1.82, 2.24) is 9.47 Å². The fraction of sp³-hybridized carbons (Fsp3) is 0.500. The van der Waals surface area contributed by atoms with E-state index in [0.717, 1.165) is 43.2 Å². The van der Waals surface area contributed by atoms with E-state index >= 15 is 0 Å². The maximum atomic E-state index is 12.7. The predicted molar refractivity (Wildman–Crippen MR) is 122 cm³/mol. The molecule has 168 valence electrons. The number of piperazine rings is 1. The van der Waals surface area contributed by atoms with E-state index < -0.39 is 0 Å². The number of rotatable bonds is 8. The Morgan fingerprint density at radius 2 is 1.74 bits per heavy atom. The van der Waals surface area contributed by atoms with Crippen molar-refractivity contribution in [2.45, 2.75) is 33.7 Å². The third kappa shape index (κ3) is 5.81. The molecule has 0 radical (unpaired) electrons. The quantitative estimate of drug-likeness (QED) is 0.648. The lowest BCUT2D eigenvalue weighted by Crippen LogP contribution is -2.50. The Labute approximate surface area is 184 Å². The third-order valence-electron chi connectivity index (χ3n) is 5.75. The van der Waals surface area contributed by atoms with E-state index in [1.165, 1.54) is 6.07 Å². The van der Waals surface area contributed by atoms with Gasteiger partial charge in [-0.3, -0.25) is 9.59 Å². The van der Waals surface area contributed by atoms with E-state index in [1.807, 2.05) is 35.8 Å². The first-order chi connectivity index (χ1) is 14.9. The summed E-state index contributed by atoms with van der Waals surface area (Å²) < 4.78 is 12.9. The maximum absolute atomic E-state index is 12.7. The molecule has 1 amide bonds. The zero-order valence-electron chi connectivity index (χ0n) is 19.0. The Morgan fingerprint density at radius 1 is 1.06 bits per heavy atom. The lowest BCUT2D eigenvalue weighted by molar-refractivity contribution is -0.133. The molecule has 31 heavy (non-hydrogen) atoms. The average Bonchev–Trinajstić information content (AvgIpc) is 2.78. The van der Waals surface area contributed by atoms with Crippen LogP contribution in [-0.4, -0.2) is 55.3 Å². The molecule has 0 aliphatic carbocycles. The van der Waals surface area contributed by atoms with Gasteiger partial charge in [0.25, 0.3) is 5.91 Å². The summed E-state index contributed by atoms with van der Waals surface area (Å²) in [6.45, 7) is 9.67. The van der Waals surface area contributed by atoms with E-state index in [1.54, 1.807) is 18.2 Å². The monoisotopic (exact) mass is 427 g/mol. The number of carbonyl (C=O) groups is 1. The van der Waals surface area contributed by atoms with E-state index in [4.69, 9.17) is 9.47 Å². The minimum Gasteiger partial charge on any atom is -0.497 e. The van der Waals surface area contributed by atoms with Gasteiger partial charge < -0.3 is 23.8 Å². The second kappa shape index (κ2) is 10.4. The molecular formula is C24H33N3O4. The van der Waals surface area contributed by atoms with Crippen molar-refractivity contribution in [3.05, 3.63) is 52.4 Å². The van der Waals surface area contributed by atoms with Crippen LogP contribution in [0.3, 0.4) is 0 Å². The number of pyridine rings is 1. The Bertz CT molecular complexity index is 929. The number of hydrogen-bond acceptors (Lipinski definition) is 5. The van der Waals surface area contributed by atoms with Crippen LogP contribution < -0.4 is 19.8 Å². The minimum absolute atomic E-state index is 0.0919. The Balaban J connectivity index is 1.54. The molecule has 2 aromatic rings. The van der Waals surface area contributed by atoms with Crippen molar-refractivity contribution in [3.8, 4) is 11.5 Å². The van der Waals surface area contributed by atoms with Gasteiger partial charge in [0.05, 0.1) is 12.8 Å². The van der Waals surface area contributed by atoms with Gasteiger partial charge >= 0.3 is 0 Å². The van der Waals surface area contributed by atoms with Crippen LogP contribution in [0.15, 0.2) is 41.3 Å². The molecule has 1 aliphatic rings. The van der Waals surface area contributed by atoms with Gasteiger partial charge in [0.2, 0.25) is 5.43 Å². The molecule has 0 unspecified atom stereocenters. The van der Waals surface area contributed by atoms with Gasteiger partial charge in [0, 0.05) is 50.7 Å². The molecule has 0 atom stereocenters. The highest BCUT2D eigenvalue weighted by atomic mass is 16.5. The molecule has 0 N–H and O–H groups in total. The van der Waals surface area contributed by atoms with E-state index in [0.29, 0.717) is 19.0 Å². The number of aryl methyl sites for hydroxylation is 1. The van der Waals surface area contributed by atoms with Crippen molar-refractivity contribution in [3.63, 3.8) is 0 Å². The normalized spacial score (nSPS) is 14.1. The second-order valence-electron chi connectivity index (χ2n) is 8.32. The van der Waals surface area contributed by atoms with Crippen molar-refractivity contribution in [2.24, 2.45) is 5.92 Å². The summed E-state index contributed by atoms with van der Waals surface area (Å²) in [5, 5.41) is 0. The standard InChI is InChI=1S/C24H33N3O4/c1-18(2)9-11-25-12-10-22(28)24(19(25)3)31-17-23(29)27-15-13-26(14-16-27)20-5-7-21(30-4)8-6-20/h5-8,10,12,18H,9,11,13-17H2,1-4H3. The first kappa shape index (κ1) is 22.7. The molecule has 1 aliphatic heterocycles. The van der Waals surface area contributed by atoms with Crippen LogP contribution in [0.25, 0.3) is 0 Å². The van der Waals surface area contributed by atoms with Crippen LogP contribution in [0.4, 0.5) is 5.69 Å². The van der Waals surface area contributed by atoms with Crippen LogP contribution in [0.2, 0.25) is 0 Å². The third-order valence-corrected chi connectivity index (χ3v) is 5.75. The average molecular weight is 428 g/mol. The summed E-state index contributed by atoms with van der Waals surface area (Å²) in [7, 11) is 1.65. The van der Waals surface area contributed by atoms with Crippen LogP contribution >= 0.6 is 0 Å². The number of methoxy groups -OCH3 is 1. The Kier molecular flexibility index (Phi) is 7.60. The van der Waals surface area contributed by atoms with Crippen LogP contribution in [0, 0.1) is 12.8 Å². The van der Waals surface area contributed by atoms with Crippen LogP contribution in [0.1, 0.15) is 26.0 Å². The summed E-state index contributed by atoms with van der Waals surface area (Å²) in [6, 6.07) is 9.46. The molecule has 3 rings (SSSR count). The van der Waals surface area contributed by atoms with Gasteiger partial charge in [-0.05, 0) is 43.5 Å². The van der Waals surface area contributed by atoms with Gasteiger partial charge in [0.1, 0.15) is 5.75 Å². The van der Waals surface area contributed by atoms with Gasteiger partial charge in [-0.25, -0.2) is 0 Å². The highest BCUT2D eigenvalue weighted by Gasteiger charge is 2.22. The summed E-state index contributed by atoms with van der Waals surface area (Å²) in [5.41, 5.74) is 1.70. The topological polar surface area (TPSA) is 64.0 Å². The first-order valence-corrected chi connectivity index (χ1v) is 10.9. The summed E-state index contributed by atoms with van der Waals surface area (Å²) in [5.74, 6) is 1.58. The van der Waals surface area contributed by atoms with E-state index in [-0.39, 0.29) is 23.7 Å². The van der Waals surface area contributed by atoms with Crippen LogP contribution in [0.5, 0.6) is 11.5 Å². The number of anilines is 1. The molecule has 2 heterocycles. The van der Waals surface area contributed by atoms with Gasteiger partial charge in [-0.2, -0.15) is 0 Å². The number of ether oxygens (including phenoxy) is 2. The molecular weight excluding hydrogens is 394 g/mol. The first-order valence-electron chi connectivity index (χ1n) is 10.9. The molecule has 1 aromatic carbocycles. The van der Waals surface area contributed by atoms with Gasteiger partial charge in [-0.15, -0.1) is 0 Å². The molecule has 0 bridgehead atoms. The van der Waals surface area contributed by atoms with Gasteiger partial charge in [-0.1, -0.05) is 13.8 Å². The molecule has 1 fully saturated rings. The zero-order valence-corrected chi connectivity index (χ0v) is 19.0. The maximum Gasteiger partial charge on any atom is 0.260 e. The summed E-state index contributed by atoms with van der Waals surface area (Å²) >= 11 is 0. The number of nitrogens with zero attached hydrogens (tertiary/aromatic N) is 3. The number of carbonyl (C=O) groups excluding carboxylic acids is 1. The number of amides is 1. The lowest BCUT2D eigenvalue weighted by atomic mass is 10.1. The number of hydrogen-bond donors (Lipinski definition) is 0. The van der Waals surface area contributed by atoms with Crippen molar-refractivity contribution in [2.75, 3.05) is 44.8 Å². The molecule has 7 nitrogen and oxygen atoms in total. The van der Waals surface area contributed by atoms with E-state index in [2.05, 4.69) is 18.7 Å². The van der Waals surface area contributed by atoms with Crippen molar-refractivity contribution in [1.29, 1.82) is 0 Å². The molecule has 0 saturated carbocycles. The molecule has 0 spiro atoms. The number of benzene rings is 1. The van der Waals surface area contributed by atoms with Crippen LogP contribution in [-0.2, 0) is 11.3 Å². The van der Waals surface area contributed by atoms with Crippen molar-refractivity contribution < 1.29 is 14.3 Å². The second-order valence-corrected chi connectivity index (χ2v) is 8.32. The zero-order chi connectivity index (χ0) is 22.4. The highest BCUT2D eigenvalue weighted by Crippen LogP contribution is 2.21. The minimum atomic E-state index is -0.185. The summed E-state index contributed by atoms with van der Waals surface area (Å²) in [6.07, 6.45) is 2.81. The van der Waals surface area contributed by atoms with Crippen molar-refractivity contribution >= 4 is 11.6 Å². The molecule has 1 aromatic heterocycles. The Hall–Kier alpha value is -2.96. The largest absolute Gasteiger partial charge is 0.497 e. The smallest absolute Gasteiger partial charge is 0.260 e. The van der Waals surface area contributed by atoms with E-state index in [9.17, 15) is 9.59 Å². The fourth-order valence-electron chi connectivity index (χ4n) is 3.70. The fourth-order valence-corrected chi connectivity index (χ4v) is 3.70. The predicted octanol–water partition coefficient (Wildman–Crippen LogP) is 2.94. The molecule has 7 heteroatoms. The highest BCUT2D eigenvalue weighted by molar-refractivity contribution is 5.78. The lowest BCUT2D eigenvalue weighted by Gasteiger charge is -2.36. The van der Waals surface area contributed by atoms with Gasteiger partial charge in [0.15, 0.2) is 12.4 Å².